The second-order valence-electron chi connectivity index (χ2n) is 7.80. The van der Waals surface area contributed by atoms with Crippen LogP contribution < -0.4 is 4.74 Å². The molecule has 6 heteroatoms. The van der Waals surface area contributed by atoms with Gasteiger partial charge in [0.05, 0.1) is 6.61 Å². The van der Waals surface area contributed by atoms with Crippen LogP contribution in [-0.2, 0) is 9.53 Å². The van der Waals surface area contributed by atoms with Gasteiger partial charge in [-0.2, -0.15) is 0 Å². The van der Waals surface area contributed by atoms with E-state index in [2.05, 4.69) is 11.8 Å². The average molecular weight is 399 g/mol. The molecule has 0 aromatic heterocycles. The third-order valence-electron chi connectivity index (χ3n) is 5.86. The summed E-state index contributed by atoms with van der Waals surface area (Å²) in [6.45, 7) is 5.40. The number of carbonyl (C=O) groups is 2. The fourth-order valence-electron chi connectivity index (χ4n) is 4.08. The van der Waals surface area contributed by atoms with Gasteiger partial charge in [0, 0.05) is 32.6 Å². The molecule has 2 fully saturated rings. The molecule has 29 heavy (non-hydrogen) atoms. The molecule has 1 spiro atoms. The summed E-state index contributed by atoms with van der Waals surface area (Å²) in [7, 11) is 0. The van der Waals surface area contributed by atoms with Crippen LogP contribution in [0.1, 0.15) is 39.0 Å². The van der Waals surface area contributed by atoms with Crippen LogP contribution in [-0.4, -0.2) is 61.2 Å². The van der Waals surface area contributed by atoms with Crippen LogP contribution in [0.2, 0.25) is 0 Å². The highest BCUT2D eigenvalue weighted by Crippen LogP contribution is 2.40. The van der Waals surface area contributed by atoms with E-state index >= 15 is 0 Å². The first-order valence-electron chi connectivity index (χ1n) is 10.4. The van der Waals surface area contributed by atoms with Gasteiger partial charge in [-0.25, -0.2) is 4.79 Å². The van der Waals surface area contributed by atoms with E-state index in [9.17, 15) is 9.59 Å². The van der Waals surface area contributed by atoms with Crippen LogP contribution in [0.3, 0.4) is 0 Å². The summed E-state index contributed by atoms with van der Waals surface area (Å²) < 4.78 is 10.8. The van der Waals surface area contributed by atoms with Crippen LogP contribution >= 0.6 is 0 Å². The van der Waals surface area contributed by atoms with Gasteiger partial charge in [0.25, 0.3) is 0 Å². The molecule has 0 unspecified atom stereocenters. The maximum absolute atomic E-state index is 12.5. The number of nitrogens with zero attached hydrogens (tertiary/aromatic N) is 2. The van der Waals surface area contributed by atoms with Crippen molar-refractivity contribution < 1.29 is 19.1 Å². The third kappa shape index (κ3) is 5.90. The van der Waals surface area contributed by atoms with Gasteiger partial charge >= 0.3 is 6.09 Å². The Balaban J connectivity index is 1.35. The molecule has 0 N–H and O–H groups in total. The summed E-state index contributed by atoms with van der Waals surface area (Å²) in [4.78, 5) is 28.4. The van der Waals surface area contributed by atoms with Gasteiger partial charge in [0.2, 0.25) is 5.91 Å². The molecule has 2 amide bonds. The zero-order valence-electron chi connectivity index (χ0n) is 17.2. The van der Waals surface area contributed by atoms with E-state index in [0.29, 0.717) is 13.0 Å². The van der Waals surface area contributed by atoms with Gasteiger partial charge in [-0.1, -0.05) is 24.1 Å². The summed E-state index contributed by atoms with van der Waals surface area (Å²) in [5.74, 6) is 6.51. The number of carbonyl (C=O) groups excluding carboxylic acids is 2. The molecule has 0 aliphatic carbocycles. The standard InChI is InChI=1S/C23H30N2O4/c1-2-3-17-29-22(27)25-16-13-23(19-25)11-14-24(15-12-23)21(26)10-7-18-28-20-8-5-4-6-9-20/h4-6,8-9H,7,10-19H2,1H3. The normalized spacial score (nSPS) is 17.6. The number of hydrogen-bond acceptors (Lipinski definition) is 4. The van der Waals surface area contributed by atoms with Crippen molar-refractivity contribution >= 4 is 12.0 Å². The number of rotatable bonds is 6. The van der Waals surface area contributed by atoms with Crippen molar-refractivity contribution in [1.82, 2.24) is 9.80 Å². The van der Waals surface area contributed by atoms with Crippen LogP contribution in [0.15, 0.2) is 30.3 Å². The smallest absolute Gasteiger partial charge is 0.410 e. The first-order chi connectivity index (χ1) is 14.1. The highest BCUT2D eigenvalue weighted by molar-refractivity contribution is 5.76. The van der Waals surface area contributed by atoms with Gasteiger partial charge in [-0.3, -0.25) is 4.79 Å². The van der Waals surface area contributed by atoms with Crippen molar-refractivity contribution in [2.75, 3.05) is 39.4 Å². The Kier molecular flexibility index (Phi) is 7.40. The van der Waals surface area contributed by atoms with E-state index in [1.807, 2.05) is 35.2 Å². The van der Waals surface area contributed by atoms with E-state index in [0.717, 1.165) is 57.6 Å². The number of likely N-dealkylation sites (tertiary alicyclic amines) is 2. The van der Waals surface area contributed by atoms with Gasteiger partial charge in [-0.15, -0.1) is 5.92 Å². The first kappa shape index (κ1) is 21.0. The highest BCUT2D eigenvalue weighted by atomic mass is 16.6. The van der Waals surface area contributed by atoms with Gasteiger partial charge in [-0.05, 0) is 50.2 Å². The number of hydrogen-bond donors (Lipinski definition) is 0. The zero-order chi connectivity index (χ0) is 20.5. The topological polar surface area (TPSA) is 59.1 Å². The summed E-state index contributed by atoms with van der Waals surface area (Å²) >= 11 is 0. The van der Waals surface area contributed by atoms with E-state index < -0.39 is 0 Å². The molecule has 0 bridgehead atoms. The fraction of sp³-hybridized carbons (Fsp3) is 0.565. The van der Waals surface area contributed by atoms with Crippen LogP contribution in [0.4, 0.5) is 4.79 Å². The zero-order valence-corrected chi connectivity index (χ0v) is 17.2. The van der Waals surface area contributed by atoms with Crippen molar-refractivity contribution in [3.05, 3.63) is 30.3 Å². The molecule has 0 atom stereocenters. The second kappa shape index (κ2) is 10.2. The van der Waals surface area contributed by atoms with Crippen LogP contribution in [0, 0.1) is 17.3 Å². The largest absolute Gasteiger partial charge is 0.494 e. The Hall–Kier alpha value is -2.68. The molecule has 2 aliphatic rings. The molecule has 1 aromatic rings. The molecule has 156 valence electrons. The number of benzene rings is 1. The number of ether oxygens (including phenoxy) is 2. The Bertz CT molecular complexity index is 745. The van der Waals surface area contributed by atoms with Crippen molar-refractivity contribution in [2.45, 2.75) is 39.0 Å². The lowest BCUT2D eigenvalue weighted by Crippen LogP contribution is -2.44. The van der Waals surface area contributed by atoms with Crippen molar-refractivity contribution in [3.8, 4) is 17.6 Å². The molecule has 2 saturated heterocycles. The third-order valence-corrected chi connectivity index (χ3v) is 5.86. The van der Waals surface area contributed by atoms with E-state index in [1.54, 1.807) is 11.8 Å². The minimum Gasteiger partial charge on any atom is -0.494 e. The van der Waals surface area contributed by atoms with Crippen molar-refractivity contribution in [1.29, 1.82) is 0 Å². The van der Waals surface area contributed by atoms with Gasteiger partial charge in [0.1, 0.15) is 5.75 Å². The van der Waals surface area contributed by atoms with Gasteiger partial charge < -0.3 is 19.3 Å². The Morgan fingerprint density at radius 2 is 1.76 bits per heavy atom. The Morgan fingerprint density at radius 1 is 1.07 bits per heavy atom. The minimum absolute atomic E-state index is 0.128. The monoisotopic (exact) mass is 398 g/mol. The average Bonchev–Trinajstić information content (AvgIpc) is 3.16. The Morgan fingerprint density at radius 3 is 2.45 bits per heavy atom. The molecule has 0 radical (unpaired) electrons. The highest BCUT2D eigenvalue weighted by Gasteiger charge is 2.43. The van der Waals surface area contributed by atoms with E-state index in [-0.39, 0.29) is 24.0 Å². The molecule has 2 aliphatic heterocycles. The lowest BCUT2D eigenvalue weighted by atomic mass is 9.77. The summed E-state index contributed by atoms with van der Waals surface area (Å²) in [5.41, 5.74) is 0.128. The minimum atomic E-state index is -0.276. The molecule has 0 saturated carbocycles. The first-order valence-corrected chi connectivity index (χ1v) is 10.4. The lowest BCUT2D eigenvalue weighted by Gasteiger charge is -2.39. The van der Waals surface area contributed by atoms with Crippen molar-refractivity contribution in [2.24, 2.45) is 5.41 Å². The number of amides is 2. The maximum Gasteiger partial charge on any atom is 0.410 e. The summed E-state index contributed by atoms with van der Waals surface area (Å²) in [5, 5.41) is 0. The van der Waals surface area contributed by atoms with Crippen LogP contribution in [0.25, 0.3) is 0 Å². The van der Waals surface area contributed by atoms with E-state index in [1.165, 1.54) is 0 Å². The lowest BCUT2D eigenvalue weighted by molar-refractivity contribution is -0.133. The molecule has 2 heterocycles. The summed E-state index contributed by atoms with van der Waals surface area (Å²) in [6, 6.07) is 9.67. The molecule has 3 rings (SSSR count). The van der Waals surface area contributed by atoms with Crippen LogP contribution in [0.5, 0.6) is 5.75 Å². The molecular formula is C23H30N2O4. The molecule has 6 nitrogen and oxygen atoms in total. The molecular weight excluding hydrogens is 368 g/mol. The van der Waals surface area contributed by atoms with E-state index in [4.69, 9.17) is 9.47 Å². The number of para-hydroxylation sites is 1. The molecule has 1 aromatic carbocycles. The second-order valence-corrected chi connectivity index (χ2v) is 7.80. The van der Waals surface area contributed by atoms with Crippen molar-refractivity contribution in [3.63, 3.8) is 0 Å². The SMILES string of the molecule is CC#CCOC(=O)N1CCC2(CCN(C(=O)CCCOc3ccccc3)CC2)C1. The predicted molar refractivity (Wildman–Crippen MR) is 110 cm³/mol. The number of piperidine rings is 1. The maximum atomic E-state index is 12.5. The predicted octanol–water partition coefficient (Wildman–Crippen LogP) is 3.32. The summed E-state index contributed by atoms with van der Waals surface area (Å²) in [6.07, 6.45) is 3.82. The quantitative estimate of drug-likeness (QED) is 0.545. The fourth-order valence-corrected chi connectivity index (χ4v) is 4.08. The Labute approximate surface area is 173 Å². The van der Waals surface area contributed by atoms with Gasteiger partial charge in [0.15, 0.2) is 6.61 Å².